The fourth-order valence-corrected chi connectivity index (χ4v) is 4.91. The molecule has 0 saturated heterocycles. The summed E-state index contributed by atoms with van der Waals surface area (Å²) in [6, 6.07) is 15.0. The Balaban J connectivity index is 2.32. The van der Waals surface area contributed by atoms with E-state index in [9.17, 15) is 8.42 Å². The molecular formula is C23H31NO4S. The number of allylic oxidation sites excluding steroid dienone is 1. The predicted octanol–water partition coefficient (Wildman–Crippen LogP) is 4.64. The molecule has 2 unspecified atom stereocenters. The second kappa shape index (κ2) is 10.5. The Morgan fingerprint density at radius 1 is 0.897 bits per heavy atom. The van der Waals surface area contributed by atoms with Crippen LogP contribution < -0.4 is 9.47 Å². The zero-order valence-electron chi connectivity index (χ0n) is 17.7. The van der Waals surface area contributed by atoms with Gasteiger partial charge in [0.05, 0.1) is 19.5 Å². The Bertz CT molecular complexity index is 827. The van der Waals surface area contributed by atoms with Crippen molar-refractivity contribution in [3.63, 3.8) is 0 Å². The third-order valence-electron chi connectivity index (χ3n) is 5.21. The Labute approximate surface area is 175 Å². The van der Waals surface area contributed by atoms with Gasteiger partial charge in [-0.3, -0.25) is 0 Å². The van der Waals surface area contributed by atoms with Crippen LogP contribution in [-0.2, 0) is 23.1 Å². The van der Waals surface area contributed by atoms with Crippen LogP contribution in [0.3, 0.4) is 0 Å². The van der Waals surface area contributed by atoms with Gasteiger partial charge in [0, 0.05) is 13.1 Å². The molecule has 0 heterocycles. The molecule has 0 saturated carbocycles. The first-order valence-electron chi connectivity index (χ1n) is 9.67. The molecule has 0 aliphatic rings. The van der Waals surface area contributed by atoms with Gasteiger partial charge in [0.2, 0.25) is 10.0 Å². The smallest absolute Gasteiger partial charge is 0.217 e. The van der Waals surface area contributed by atoms with Crippen LogP contribution in [0.25, 0.3) is 0 Å². The number of hydrogen-bond acceptors (Lipinski definition) is 4. The molecule has 2 aromatic carbocycles. The van der Waals surface area contributed by atoms with E-state index in [1.165, 1.54) is 0 Å². The van der Waals surface area contributed by atoms with E-state index in [0.29, 0.717) is 19.5 Å². The summed E-state index contributed by atoms with van der Waals surface area (Å²) in [5, 5.41) is -0.517. The number of methoxy groups -OCH3 is 2. The highest BCUT2D eigenvalue weighted by atomic mass is 32.2. The normalized spacial score (nSPS) is 13.7. The number of benzene rings is 2. The van der Waals surface area contributed by atoms with Gasteiger partial charge < -0.3 is 9.47 Å². The van der Waals surface area contributed by atoms with E-state index in [2.05, 4.69) is 6.58 Å². The van der Waals surface area contributed by atoms with Gasteiger partial charge in [-0.1, -0.05) is 37.3 Å². The molecule has 5 nitrogen and oxygen atoms in total. The summed E-state index contributed by atoms with van der Waals surface area (Å²) in [5.41, 5.74) is 1.82. The van der Waals surface area contributed by atoms with Crippen molar-refractivity contribution < 1.29 is 17.9 Å². The molecule has 2 rings (SSSR count). The maximum Gasteiger partial charge on any atom is 0.217 e. The summed E-state index contributed by atoms with van der Waals surface area (Å²) in [7, 11) is -0.309. The molecule has 2 atom stereocenters. The summed E-state index contributed by atoms with van der Waals surface area (Å²) < 4.78 is 38.8. The van der Waals surface area contributed by atoms with Crippen LogP contribution in [0.2, 0.25) is 0 Å². The highest BCUT2D eigenvalue weighted by Gasteiger charge is 2.32. The molecule has 0 amide bonds. The van der Waals surface area contributed by atoms with E-state index in [-0.39, 0.29) is 5.92 Å². The Morgan fingerprint density at radius 3 is 1.66 bits per heavy atom. The monoisotopic (exact) mass is 417 g/mol. The summed E-state index contributed by atoms with van der Waals surface area (Å²) in [4.78, 5) is 0. The van der Waals surface area contributed by atoms with Crippen molar-refractivity contribution in [2.24, 2.45) is 5.92 Å². The van der Waals surface area contributed by atoms with Gasteiger partial charge in [-0.25, -0.2) is 8.42 Å². The van der Waals surface area contributed by atoms with Crippen LogP contribution in [0, 0.1) is 5.92 Å². The maximum absolute atomic E-state index is 13.4. The molecule has 2 aromatic rings. The Kier molecular flexibility index (Phi) is 8.29. The minimum Gasteiger partial charge on any atom is -0.497 e. The first kappa shape index (κ1) is 23.0. The van der Waals surface area contributed by atoms with Gasteiger partial charge in [0.25, 0.3) is 0 Å². The van der Waals surface area contributed by atoms with Gasteiger partial charge in [-0.15, -0.1) is 6.58 Å². The van der Waals surface area contributed by atoms with E-state index in [1.54, 1.807) is 31.5 Å². The molecule has 0 spiro atoms. The number of hydrogen-bond donors (Lipinski definition) is 0. The number of ether oxygens (including phenoxy) is 2. The number of sulfonamides is 1. The first-order valence-corrected chi connectivity index (χ1v) is 11.2. The van der Waals surface area contributed by atoms with Crippen molar-refractivity contribution in [3.8, 4) is 11.5 Å². The van der Waals surface area contributed by atoms with E-state index < -0.39 is 15.3 Å². The quantitative estimate of drug-likeness (QED) is 0.500. The lowest BCUT2D eigenvalue weighted by molar-refractivity contribution is 0.381. The first-order chi connectivity index (χ1) is 13.8. The molecule has 0 aliphatic heterocycles. The average Bonchev–Trinajstić information content (AvgIpc) is 2.73. The van der Waals surface area contributed by atoms with Crippen LogP contribution >= 0.6 is 0 Å². The van der Waals surface area contributed by atoms with E-state index in [0.717, 1.165) is 22.6 Å². The van der Waals surface area contributed by atoms with Crippen molar-refractivity contribution in [2.75, 3.05) is 14.2 Å². The molecule has 0 fully saturated rings. The molecule has 158 valence electrons. The fourth-order valence-electron chi connectivity index (χ4n) is 3.09. The minimum atomic E-state index is -3.53. The lowest BCUT2D eigenvalue weighted by Crippen LogP contribution is -2.39. The molecular weight excluding hydrogens is 386 g/mol. The van der Waals surface area contributed by atoms with Crippen molar-refractivity contribution in [3.05, 3.63) is 72.3 Å². The van der Waals surface area contributed by atoms with E-state index >= 15 is 0 Å². The van der Waals surface area contributed by atoms with Gasteiger partial charge in [0.15, 0.2) is 0 Å². The molecule has 0 aliphatic carbocycles. The lowest BCUT2D eigenvalue weighted by Gasteiger charge is -2.29. The van der Waals surface area contributed by atoms with Crippen LogP contribution in [-0.4, -0.2) is 32.2 Å². The molecule has 0 N–H and O–H groups in total. The Hall–Kier alpha value is -2.31. The van der Waals surface area contributed by atoms with Crippen molar-refractivity contribution in [1.82, 2.24) is 4.31 Å². The second-order valence-electron chi connectivity index (χ2n) is 7.22. The zero-order chi connectivity index (χ0) is 21.4. The van der Waals surface area contributed by atoms with Crippen molar-refractivity contribution >= 4 is 10.0 Å². The van der Waals surface area contributed by atoms with Gasteiger partial charge in [-0.05, 0) is 54.7 Å². The van der Waals surface area contributed by atoms with Crippen LogP contribution in [0.1, 0.15) is 31.4 Å². The predicted molar refractivity (Wildman–Crippen MR) is 118 cm³/mol. The van der Waals surface area contributed by atoms with Gasteiger partial charge in [0.1, 0.15) is 11.5 Å². The molecule has 0 bridgehead atoms. The lowest BCUT2D eigenvalue weighted by atomic mass is 10.1. The zero-order valence-corrected chi connectivity index (χ0v) is 18.5. The van der Waals surface area contributed by atoms with Crippen LogP contribution in [0.15, 0.2) is 61.2 Å². The van der Waals surface area contributed by atoms with Crippen LogP contribution in [0.4, 0.5) is 0 Å². The largest absolute Gasteiger partial charge is 0.497 e. The summed E-state index contributed by atoms with van der Waals surface area (Å²) in [6.45, 7) is 8.06. The maximum atomic E-state index is 13.4. The number of nitrogens with zero attached hydrogens (tertiary/aromatic N) is 1. The summed E-state index contributed by atoms with van der Waals surface area (Å²) in [6.07, 6.45) is 2.42. The average molecular weight is 418 g/mol. The third-order valence-corrected chi connectivity index (χ3v) is 7.59. The topological polar surface area (TPSA) is 55.8 Å². The van der Waals surface area contributed by atoms with Crippen molar-refractivity contribution in [1.29, 1.82) is 0 Å². The van der Waals surface area contributed by atoms with Crippen molar-refractivity contribution in [2.45, 2.75) is 38.6 Å². The molecule has 29 heavy (non-hydrogen) atoms. The molecule has 0 aromatic heterocycles. The highest BCUT2D eigenvalue weighted by Crippen LogP contribution is 2.25. The Morgan fingerprint density at radius 2 is 1.31 bits per heavy atom. The fraction of sp³-hybridized carbons (Fsp3) is 0.391. The third kappa shape index (κ3) is 6.08. The summed E-state index contributed by atoms with van der Waals surface area (Å²) >= 11 is 0. The van der Waals surface area contributed by atoms with E-state index in [4.69, 9.17) is 9.47 Å². The summed E-state index contributed by atoms with van der Waals surface area (Å²) in [5.74, 6) is 1.46. The van der Waals surface area contributed by atoms with Gasteiger partial charge >= 0.3 is 0 Å². The molecule has 6 heteroatoms. The van der Waals surface area contributed by atoms with Gasteiger partial charge in [-0.2, -0.15) is 4.31 Å². The minimum absolute atomic E-state index is 0.0215. The number of rotatable bonds is 11. The van der Waals surface area contributed by atoms with E-state index in [1.807, 2.05) is 55.5 Å². The molecule has 0 radical (unpaired) electrons. The SMILES string of the molecule is C=CCC(C)C(C)S(=O)(=O)N(Cc1ccc(OC)cc1)Cc1ccc(OC)cc1. The standard InChI is InChI=1S/C23H31NO4S/c1-6-7-18(2)19(3)29(25,26)24(16-20-8-12-22(27-4)13-9-20)17-21-10-14-23(28-5)15-11-21/h6,8-15,18-19H,1,7,16-17H2,2-5H3. The van der Waals surface area contributed by atoms with Crippen LogP contribution in [0.5, 0.6) is 11.5 Å². The second-order valence-corrected chi connectivity index (χ2v) is 9.51. The highest BCUT2D eigenvalue weighted by molar-refractivity contribution is 7.89.